The molecule has 0 unspecified atom stereocenters. The topological polar surface area (TPSA) is 41.6 Å². The molecule has 4 nitrogen and oxygen atoms in total. The highest BCUT2D eigenvalue weighted by molar-refractivity contribution is 6.04. The van der Waals surface area contributed by atoms with Crippen LogP contribution in [0.15, 0.2) is 42.5 Å². The first kappa shape index (κ1) is 17.1. The number of carbonyl (C=O) groups excluding carboxylic acids is 1. The number of nitrogens with zero attached hydrogens (tertiary/aromatic N) is 1. The normalized spacial score (nSPS) is 17.7. The minimum Gasteiger partial charge on any atom is -0.490 e. The fourth-order valence-corrected chi connectivity index (χ4v) is 3.86. The molecule has 0 atom stereocenters. The Morgan fingerprint density at radius 1 is 1.08 bits per heavy atom. The quantitative estimate of drug-likeness (QED) is 0.896. The van der Waals surface area contributed by atoms with Gasteiger partial charge in [-0.2, -0.15) is 0 Å². The summed E-state index contributed by atoms with van der Waals surface area (Å²) >= 11 is 0. The monoisotopic (exact) mass is 350 g/mol. The Labute approximate surface area is 155 Å². The molecule has 0 aromatic heterocycles. The molecular weight excluding hydrogens is 324 g/mol. The summed E-state index contributed by atoms with van der Waals surface area (Å²) in [6, 6.07) is 13.7. The highest BCUT2D eigenvalue weighted by Gasteiger charge is 2.17. The van der Waals surface area contributed by atoms with Gasteiger partial charge in [-0.1, -0.05) is 6.07 Å². The Balaban J connectivity index is 1.40. The van der Waals surface area contributed by atoms with Gasteiger partial charge < -0.3 is 15.0 Å². The number of fused-ring (bicyclic) bond motifs is 1. The van der Waals surface area contributed by atoms with E-state index in [9.17, 15) is 4.79 Å². The molecule has 2 aromatic rings. The number of rotatable bonds is 4. The molecule has 1 N–H and O–H groups in total. The largest absolute Gasteiger partial charge is 0.490 e. The van der Waals surface area contributed by atoms with Crippen molar-refractivity contribution in [3.8, 4) is 5.75 Å². The SMILES string of the molecule is CN1CCc2ccc(NC(=O)c3ccc(OC4CCCC4)cc3)cc2C1. The van der Waals surface area contributed by atoms with Crippen molar-refractivity contribution in [2.24, 2.45) is 0 Å². The minimum atomic E-state index is -0.0819. The molecule has 1 saturated carbocycles. The lowest BCUT2D eigenvalue weighted by Crippen LogP contribution is -2.26. The standard InChI is InChI=1S/C22H26N2O2/c1-24-13-12-16-6-9-19(14-18(16)15-24)23-22(25)17-7-10-21(11-8-17)26-20-4-2-3-5-20/h6-11,14,20H,2-5,12-13,15H2,1H3,(H,23,25). The van der Waals surface area contributed by atoms with E-state index >= 15 is 0 Å². The molecule has 2 aliphatic rings. The summed E-state index contributed by atoms with van der Waals surface area (Å²) < 4.78 is 5.96. The van der Waals surface area contributed by atoms with E-state index in [4.69, 9.17) is 4.74 Å². The molecule has 26 heavy (non-hydrogen) atoms. The maximum absolute atomic E-state index is 12.5. The molecule has 1 aliphatic carbocycles. The van der Waals surface area contributed by atoms with E-state index in [1.165, 1.54) is 24.0 Å². The smallest absolute Gasteiger partial charge is 0.255 e. The van der Waals surface area contributed by atoms with Crippen molar-refractivity contribution in [3.63, 3.8) is 0 Å². The Morgan fingerprint density at radius 3 is 2.62 bits per heavy atom. The van der Waals surface area contributed by atoms with Gasteiger partial charge in [0.1, 0.15) is 5.75 Å². The van der Waals surface area contributed by atoms with Crippen molar-refractivity contribution in [1.82, 2.24) is 4.90 Å². The van der Waals surface area contributed by atoms with Gasteiger partial charge in [0.05, 0.1) is 6.10 Å². The Morgan fingerprint density at radius 2 is 1.85 bits per heavy atom. The zero-order valence-corrected chi connectivity index (χ0v) is 15.3. The van der Waals surface area contributed by atoms with Crippen molar-refractivity contribution in [1.29, 1.82) is 0 Å². The number of carbonyl (C=O) groups is 1. The minimum absolute atomic E-state index is 0.0819. The number of anilines is 1. The van der Waals surface area contributed by atoms with E-state index in [1.54, 1.807) is 0 Å². The molecule has 1 aliphatic heterocycles. The number of likely N-dealkylation sites (N-methyl/N-ethyl adjacent to an activating group) is 1. The molecule has 0 radical (unpaired) electrons. The molecule has 1 fully saturated rings. The first-order valence-corrected chi connectivity index (χ1v) is 9.56. The van der Waals surface area contributed by atoms with Crippen molar-refractivity contribution in [3.05, 3.63) is 59.2 Å². The van der Waals surface area contributed by atoms with Crippen LogP contribution in [0.25, 0.3) is 0 Å². The van der Waals surface area contributed by atoms with Crippen LogP contribution in [-0.2, 0) is 13.0 Å². The van der Waals surface area contributed by atoms with Gasteiger partial charge in [0.25, 0.3) is 5.91 Å². The summed E-state index contributed by atoms with van der Waals surface area (Å²) in [4.78, 5) is 14.8. The van der Waals surface area contributed by atoms with Crippen LogP contribution in [0.5, 0.6) is 5.75 Å². The van der Waals surface area contributed by atoms with Gasteiger partial charge in [0.15, 0.2) is 0 Å². The Bertz CT molecular complexity index is 779. The molecule has 0 saturated heterocycles. The molecule has 4 heteroatoms. The van der Waals surface area contributed by atoms with E-state index in [0.29, 0.717) is 11.7 Å². The highest BCUT2D eigenvalue weighted by atomic mass is 16.5. The van der Waals surface area contributed by atoms with Crippen molar-refractivity contribution < 1.29 is 9.53 Å². The number of amides is 1. The predicted octanol–water partition coefficient (Wildman–Crippen LogP) is 4.25. The van der Waals surface area contributed by atoms with E-state index in [2.05, 4.69) is 29.4 Å². The van der Waals surface area contributed by atoms with E-state index in [-0.39, 0.29) is 5.91 Å². The third-order valence-corrected chi connectivity index (χ3v) is 5.39. The number of hydrogen-bond acceptors (Lipinski definition) is 3. The summed E-state index contributed by atoms with van der Waals surface area (Å²) in [6.45, 7) is 2.03. The highest BCUT2D eigenvalue weighted by Crippen LogP contribution is 2.25. The van der Waals surface area contributed by atoms with Crippen LogP contribution < -0.4 is 10.1 Å². The van der Waals surface area contributed by atoms with E-state index < -0.39 is 0 Å². The molecule has 0 spiro atoms. The third-order valence-electron chi connectivity index (χ3n) is 5.39. The van der Waals surface area contributed by atoms with E-state index in [0.717, 1.165) is 43.8 Å². The van der Waals surface area contributed by atoms with Crippen LogP contribution in [0.4, 0.5) is 5.69 Å². The lowest BCUT2D eigenvalue weighted by molar-refractivity contribution is 0.102. The van der Waals surface area contributed by atoms with Gasteiger partial charge >= 0.3 is 0 Å². The van der Waals surface area contributed by atoms with Crippen molar-refractivity contribution >= 4 is 11.6 Å². The van der Waals surface area contributed by atoms with Crippen LogP contribution in [0.3, 0.4) is 0 Å². The second-order valence-electron chi connectivity index (χ2n) is 7.47. The summed E-state index contributed by atoms with van der Waals surface area (Å²) in [5.74, 6) is 0.770. The average molecular weight is 350 g/mol. The predicted molar refractivity (Wildman–Crippen MR) is 104 cm³/mol. The zero-order valence-electron chi connectivity index (χ0n) is 15.3. The van der Waals surface area contributed by atoms with Crippen molar-refractivity contribution in [2.75, 3.05) is 18.9 Å². The fourth-order valence-electron chi connectivity index (χ4n) is 3.86. The first-order chi connectivity index (χ1) is 12.7. The summed E-state index contributed by atoms with van der Waals surface area (Å²) in [5.41, 5.74) is 4.19. The second-order valence-corrected chi connectivity index (χ2v) is 7.47. The average Bonchev–Trinajstić information content (AvgIpc) is 3.15. The van der Waals surface area contributed by atoms with Gasteiger partial charge in [0.2, 0.25) is 0 Å². The van der Waals surface area contributed by atoms with Gasteiger partial charge in [-0.05, 0) is 86.7 Å². The maximum Gasteiger partial charge on any atom is 0.255 e. The molecule has 1 heterocycles. The van der Waals surface area contributed by atoms with E-state index in [1.807, 2.05) is 30.3 Å². The van der Waals surface area contributed by atoms with Crippen LogP contribution >= 0.6 is 0 Å². The lowest BCUT2D eigenvalue weighted by atomic mass is 9.99. The van der Waals surface area contributed by atoms with Gasteiger partial charge in [-0.25, -0.2) is 0 Å². The number of nitrogens with one attached hydrogen (secondary N) is 1. The van der Waals surface area contributed by atoms with Crippen LogP contribution in [0.1, 0.15) is 47.2 Å². The summed E-state index contributed by atoms with van der Waals surface area (Å²) in [6.07, 6.45) is 6.18. The second kappa shape index (κ2) is 7.50. The third kappa shape index (κ3) is 3.91. The number of hydrogen-bond donors (Lipinski definition) is 1. The van der Waals surface area contributed by atoms with Crippen LogP contribution in [-0.4, -0.2) is 30.5 Å². The Hall–Kier alpha value is -2.33. The number of ether oxygens (including phenoxy) is 1. The molecule has 4 rings (SSSR count). The zero-order chi connectivity index (χ0) is 17.9. The Kier molecular flexibility index (Phi) is 4.93. The maximum atomic E-state index is 12.5. The van der Waals surface area contributed by atoms with Crippen molar-refractivity contribution in [2.45, 2.75) is 44.8 Å². The van der Waals surface area contributed by atoms with Crippen LogP contribution in [0, 0.1) is 0 Å². The molecule has 0 bridgehead atoms. The van der Waals surface area contributed by atoms with Gasteiger partial charge in [-0.3, -0.25) is 4.79 Å². The number of benzene rings is 2. The first-order valence-electron chi connectivity index (χ1n) is 9.56. The van der Waals surface area contributed by atoms with Crippen LogP contribution in [0.2, 0.25) is 0 Å². The van der Waals surface area contributed by atoms with Gasteiger partial charge in [0, 0.05) is 24.3 Å². The fraction of sp³-hybridized carbons (Fsp3) is 0.409. The molecule has 136 valence electrons. The summed E-state index contributed by atoms with van der Waals surface area (Å²) in [5, 5.41) is 3.02. The summed E-state index contributed by atoms with van der Waals surface area (Å²) in [7, 11) is 2.13. The molecular formula is C22H26N2O2. The lowest BCUT2D eigenvalue weighted by Gasteiger charge is -2.25. The van der Waals surface area contributed by atoms with Gasteiger partial charge in [-0.15, -0.1) is 0 Å². The molecule has 1 amide bonds. The molecule has 2 aromatic carbocycles.